The van der Waals surface area contributed by atoms with E-state index < -0.39 is 11.5 Å². The van der Waals surface area contributed by atoms with Crippen molar-refractivity contribution in [3.05, 3.63) is 34.9 Å². The molecule has 4 nitrogen and oxygen atoms in total. The largest absolute Gasteiger partial charge is 0.480 e. The first-order chi connectivity index (χ1) is 10.0. The maximum atomic E-state index is 12.2. The van der Waals surface area contributed by atoms with Crippen LogP contribution in [0.5, 0.6) is 0 Å². The van der Waals surface area contributed by atoms with E-state index in [1.54, 1.807) is 18.2 Å². The first-order valence-electron chi connectivity index (χ1n) is 7.31. The molecular formula is C16H20ClNO3. The summed E-state index contributed by atoms with van der Waals surface area (Å²) in [5, 5.41) is 12.9. The molecular weight excluding hydrogens is 290 g/mol. The van der Waals surface area contributed by atoms with E-state index in [0.717, 1.165) is 31.2 Å². The molecule has 0 aliphatic heterocycles. The van der Waals surface area contributed by atoms with Gasteiger partial charge in [-0.1, -0.05) is 49.4 Å². The molecule has 0 heterocycles. The number of hydrogen-bond donors (Lipinski definition) is 2. The van der Waals surface area contributed by atoms with Gasteiger partial charge in [0.15, 0.2) is 0 Å². The van der Waals surface area contributed by atoms with E-state index in [1.807, 2.05) is 6.07 Å². The van der Waals surface area contributed by atoms with E-state index in [1.165, 1.54) is 0 Å². The van der Waals surface area contributed by atoms with Crippen molar-refractivity contribution in [2.75, 3.05) is 0 Å². The Balaban J connectivity index is 2.06. The molecule has 1 aromatic carbocycles. The first kappa shape index (κ1) is 15.8. The number of carbonyl (C=O) groups excluding carboxylic acids is 1. The maximum absolute atomic E-state index is 12.2. The quantitative estimate of drug-likeness (QED) is 0.839. The number of halogens is 1. The van der Waals surface area contributed by atoms with E-state index in [2.05, 4.69) is 5.32 Å². The number of aliphatic carboxylic acids is 1. The molecule has 2 N–H and O–H groups in total. The lowest BCUT2D eigenvalue weighted by Crippen LogP contribution is -2.54. The van der Waals surface area contributed by atoms with Crippen LogP contribution >= 0.6 is 11.6 Å². The Morgan fingerprint density at radius 2 is 1.86 bits per heavy atom. The van der Waals surface area contributed by atoms with Gasteiger partial charge in [-0.05, 0) is 30.5 Å². The molecule has 1 amide bonds. The van der Waals surface area contributed by atoms with Gasteiger partial charge in [0.1, 0.15) is 5.54 Å². The summed E-state index contributed by atoms with van der Waals surface area (Å²) in [5.41, 5.74) is -0.319. The topological polar surface area (TPSA) is 66.4 Å². The van der Waals surface area contributed by atoms with Crippen molar-refractivity contribution in [3.8, 4) is 0 Å². The summed E-state index contributed by atoms with van der Waals surface area (Å²) in [7, 11) is 0. The second-order valence-electron chi connectivity index (χ2n) is 5.66. The van der Waals surface area contributed by atoms with Crippen LogP contribution in [0.15, 0.2) is 24.3 Å². The highest BCUT2D eigenvalue weighted by atomic mass is 35.5. The number of rotatable bonds is 4. The molecule has 0 saturated heterocycles. The van der Waals surface area contributed by atoms with Gasteiger partial charge < -0.3 is 10.4 Å². The molecule has 21 heavy (non-hydrogen) atoms. The van der Waals surface area contributed by atoms with Gasteiger partial charge in [-0.3, -0.25) is 4.79 Å². The fraction of sp³-hybridized carbons (Fsp3) is 0.500. The molecule has 0 unspecified atom stereocenters. The number of carboxylic acids is 1. The molecule has 0 radical (unpaired) electrons. The average Bonchev–Trinajstić information content (AvgIpc) is 2.65. The summed E-state index contributed by atoms with van der Waals surface area (Å²) in [5.74, 6) is -1.19. The number of benzene rings is 1. The number of carbonyl (C=O) groups is 2. The van der Waals surface area contributed by atoms with Gasteiger partial charge in [0.25, 0.3) is 0 Å². The van der Waals surface area contributed by atoms with Crippen molar-refractivity contribution in [2.24, 2.45) is 0 Å². The second-order valence-corrected chi connectivity index (χ2v) is 6.09. The van der Waals surface area contributed by atoms with Gasteiger partial charge >= 0.3 is 5.97 Å². The van der Waals surface area contributed by atoms with Crippen LogP contribution < -0.4 is 5.32 Å². The number of hydrogen-bond acceptors (Lipinski definition) is 2. The SMILES string of the molecule is O=C(Cc1cccc(Cl)c1)NC1(C(=O)O)CCCCCC1. The summed E-state index contributed by atoms with van der Waals surface area (Å²) in [6.45, 7) is 0. The number of nitrogens with one attached hydrogen (secondary N) is 1. The Labute approximate surface area is 129 Å². The van der Waals surface area contributed by atoms with Gasteiger partial charge in [0.2, 0.25) is 5.91 Å². The minimum Gasteiger partial charge on any atom is -0.480 e. The Hall–Kier alpha value is -1.55. The van der Waals surface area contributed by atoms with Crippen LogP contribution in [0.1, 0.15) is 44.1 Å². The molecule has 1 aromatic rings. The zero-order valence-corrected chi connectivity index (χ0v) is 12.7. The van der Waals surface area contributed by atoms with Crippen LogP contribution in [0.25, 0.3) is 0 Å². The molecule has 0 aromatic heterocycles. The Bertz CT molecular complexity index is 522. The molecule has 0 atom stereocenters. The molecule has 2 rings (SSSR count). The van der Waals surface area contributed by atoms with Crippen LogP contribution in [0.4, 0.5) is 0 Å². The minimum absolute atomic E-state index is 0.148. The molecule has 1 aliphatic carbocycles. The summed E-state index contributed by atoms with van der Waals surface area (Å²) >= 11 is 5.89. The van der Waals surface area contributed by atoms with Gasteiger partial charge in [-0.2, -0.15) is 0 Å². The third-order valence-electron chi connectivity index (χ3n) is 4.00. The fourth-order valence-electron chi connectivity index (χ4n) is 2.87. The molecule has 114 valence electrons. The summed E-state index contributed by atoms with van der Waals surface area (Å²) in [4.78, 5) is 23.8. The van der Waals surface area contributed by atoms with E-state index in [9.17, 15) is 14.7 Å². The smallest absolute Gasteiger partial charge is 0.329 e. The predicted octanol–water partition coefficient (Wildman–Crippen LogP) is 3.18. The van der Waals surface area contributed by atoms with Gasteiger partial charge in [0, 0.05) is 5.02 Å². The zero-order valence-electron chi connectivity index (χ0n) is 11.9. The van der Waals surface area contributed by atoms with Gasteiger partial charge in [-0.25, -0.2) is 4.79 Å². The lowest BCUT2D eigenvalue weighted by atomic mass is 9.90. The van der Waals surface area contributed by atoms with Gasteiger partial charge in [-0.15, -0.1) is 0 Å². The zero-order chi connectivity index (χ0) is 15.3. The Morgan fingerprint density at radius 3 is 2.43 bits per heavy atom. The lowest BCUT2D eigenvalue weighted by molar-refractivity contribution is -0.148. The molecule has 1 saturated carbocycles. The molecule has 0 bridgehead atoms. The van der Waals surface area contributed by atoms with Crippen LogP contribution in [-0.4, -0.2) is 22.5 Å². The average molecular weight is 310 g/mol. The lowest BCUT2D eigenvalue weighted by Gasteiger charge is -2.29. The highest BCUT2D eigenvalue weighted by Crippen LogP contribution is 2.27. The number of carboxylic acid groups (broad SMARTS) is 1. The predicted molar refractivity (Wildman–Crippen MR) is 81.4 cm³/mol. The van der Waals surface area contributed by atoms with E-state index in [0.29, 0.717) is 17.9 Å². The third-order valence-corrected chi connectivity index (χ3v) is 4.23. The van der Waals surface area contributed by atoms with Crippen LogP contribution in [0.3, 0.4) is 0 Å². The molecule has 5 heteroatoms. The van der Waals surface area contributed by atoms with Crippen molar-refractivity contribution < 1.29 is 14.7 Å². The summed E-state index contributed by atoms with van der Waals surface area (Å²) < 4.78 is 0. The fourth-order valence-corrected chi connectivity index (χ4v) is 3.08. The molecule has 0 spiro atoms. The highest BCUT2D eigenvalue weighted by Gasteiger charge is 2.39. The molecule has 1 fully saturated rings. The Morgan fingerprint density at radius 1 is 1.19 bits per heavy atom. The van der Waals surface area contributed by atoms with Crippen LogP contribution in [0, 0.1) is 0 Å². The van der Waals surface area contributed by atoms with Gasteiger partial charge in [0.05, 0.1) is 6.42 Å². The number of amides is 1. The first-order valence-corrected chi connectivity index (χ1v) is 7.68. The monoisotopic (exact) mass is 309 g/mol. The Kier molecular flexibility index (Phi) is 5.23. The molecule has 1 aliphatic rings. The van der Waals surface area contributed by atoms with E-state index in [-0.39, 0.29) is 12.3 Å². The van der Waals surface area contributed by atoms with E-state index >= 15 is 0 Å². The third kappa shape index (κ3) is 4.21. The van der Waals surface area contributed by atoms with Crippen molar-refractivity contribution in [1.29, 1.82) is 0 Å². The minimum atomic E-state index is -1.11. The second kappa shape index (κ2) is 6.94. The standard InChI is InChI=1S/C16H20ClNO3/c17-13-7-5-6-12(10-13)11-14(19)18-16(15(20)21)8-3-1-2-4-9-16/h5-7,10H,1-4,8-9,11H2,(H,18,19)(H,20,21). The highest BCUT2D eigenvalue weighted by molar-refractivity contribution is 6.30. The maximum Gasteiger partial charge on any atom is 0.329 e. The van der Waals surface area contributed by atoms with Crippen molar-refractivity contribution >= 4 is 23.5 Å². The normalized spacial score (nSPS) is 17.8. The van der Waals surface area contributed by atoms with Crippen LogP contribution in [0.2, 0.25) is 5.02 Å². The van der Waals surface area contributed by atoms with E-state index in [4.69, 9.17) is 11.6 Å². The van der Waals surface area contributed by atoms with Crippen molar-refractivity contribution in [1.82, 2.24) is 5.32 Å². The van der Waals surface area contributed by atoms with Crippen molar-refractivity contribution in [2.45, 2.75) is 50.5 Å². The summed E-state index contributed by atoms with van der Waals surface area (Å²) in [6, 6.07) is 7.06. The summed E-state index contributed by atoms with van der Waals surface area (Å²) in [6.07, 6.45) is 4.88. The van der Waals surface area contributed by atoms with Crippen LogP contribution in [-0.2, 0) is 16.0 Å². The van der Waals surface area contributed by atoms with Crippen molar-refractivity contribution in [3.63, 3.8) is 0 Å².